The van der Waals surface area contributed by atoms with Crippen LogP contribution in [-0.2, 0) is 0 Å². The summed E-state index contributed by atoms with van der Waals surface area (Å²) in [6.07, 6.45) is 0. The lowest BCUT2D eigenvalue weighted by Gasteiger charge is -2.07. The molecule has 2 aromatic carbocycles. The van der Waals surface area contributed by atoms with Crippen molar-refractivity contribution in [3.8, 4) is 5.75 Å². The van der Waals surface area contributed by atoms with Gasteiger partial charge < -0.3 is 9.94 Å². The topological polar surface area (TPSA) is 52.4 Å². The monoisotopic (exact) mass is 287 g/mol. The first-order chi connectivity index (χ1) is 9.65. The Labute approximate surface area is 120 Å². The number of rotatable bonds is 2. The van der Waals surface area contributed by atoms with Crippen molar-refractivity contribution >= 4 is 28.8 Å². The maximum atomic E-state index is 12.4. The lowest BCUT2D eigenvalue weighted by atomic mass is 10.0. The van der Waals surface area contributed by atoms with Crippen molar-refractivity contribution in [2.75, 3.05) is 7.11 Å². The minimum absolute atomic E-state index is 0.0329. The van der Waals surface area contributed by atoms with Crippen LogP contribution in [0.3, 0.4) is 0 Å². The van der Waals surface area contributed by atoms with Crippen molar-refractivity contribution in [3.63, 3.8) is 0 Å². The molecule has 0 aliphatic carbocycles. The average molecular weight is 288 g/mol. The molecule has 4 nitrogen and oxygen atoms in total. The van der Waals surface area contributed by atoms with Crippen LogP contribution in [0.5, 0.6) is 5.75 Å². The van der Waals surface area contributed by atoms with E-state index in [0.29, 0.717) is 21.6 Å². The minimum Gasteiger partial charge on any atom is -0.618 e. The van der Waals surface area contributed by atoms with Gasteiger partial charge >= 0.3 is 0 Å². The van der Waals surface area contributed by atoms with Crippen LogP contribution in [0.25, 0.3) is 0 Å². The maximum absolute atomic E-state index is 12.4. The summed E-state index contributed by atoms with van der Waals surface area (Å²) < 4.78 is 5.79. The van der Waals surface area contributed by atoms with Crippen LogP contribution in [0.1, 0.15) is 15.9 Å². The fourth-order valence-electron chi connectivity index (χ4n) is 2.31. The van der Waals surface area contributed by atoms with E-state index in [4.69, 9.17) is 16.3 Å². The van der Waals surface area contributed by atoms with Crippen LogP contribution in [0, 0.1) is 5.21 Å². The second kappa shape index (κ2) is 4.65. The number of hydrogen-bond acceptors (Lipinski definition) is 3. The van der Waals surface area contributed by atoms with Gasteiger partial charge in [0.1, 0.15) is 16.3 Å². The zero-order valence-electron chi connectivity index (χ0n) is 10.6. The number of ether oxygens (including phenoxy) is 1. The summed E-state index contributed by atoms with van der Waals surface area (Å²) in [4.78, 5) is 12.4. The molecule has 0 spiro atoms. The number of methoxy groups -OCH3 is 1. The fourth-order valence-corrected chi connectivity index (χ4v) is 2.56. The van der Waals surface area contributed by atoms with E-state index in [1.165, 1.54) is 7.11 Å². The second-order valence-electron chi connectivity index (χ2n) is 4.31. The Balaban J connectivity index is 2.27. The summed E-state index contributed by atoms with van der Waals surface area (Å²) in [7, 11) is 1.49. The van der Waals surface area contributed by atoms with E-state index in [-0.39, 0.29) is 22.2 Å². The molecule has 0 bridgehead atoms. The van der Waals surface area contributed by atoms with Crippen LogP contribution >= 0.6 is 11.6 Å². The standard InChI is InChI=1S/C15H10ClNO3/c1-20-12-8-3-2-5-9(12)14-15(18)10-6-4-7-11(16)13(10)17(14)19/h2-8H,1H3. The molecule has 0 amide bonds. The summed E-state index contributed by atoms with van der Waals surface area (Å²) in [5.41, 5.74) is 1.00. The highest BCUT2D eigenvalue weighted by Gasteiger charge is 2.39. The molecule has 20 heavy (non-hydrogen) atoms. The predicted octanol–water partition coefficient (Wildman–Crippen LogP) is 3.18. The normalized spacial score (nSPS) is 13.6. The molecule has 2 aromatic rings. The lowest BCUT2D eigenvalue weighted by molar-refractivity contribution is -0.355. The molecule has 1 heterocycles. The van der Waals surface area contributed by atoms with Crippen molar-refractivity contribution in [1.82, 2.24) is 0 Å². The Bertz CT molecular complexity index is 753. The first-order valence-electron chi connectivity index (χ1n) is 5.96. The van der Waals surface area contributed by atoms with Crippen molar-refractivity contribution in [3.05, 3.63) is 63.8 Å². The van der Waals surface area contributed by atoms with Crippen LogP contribution in [-0.4, -0.2) is 23.3 Å². The van der Waals surface area contributed by atoms with E-state index >= 15 is 0 Å². The highest BCUT2D eigenvalue weighted by molar-refractivity contribution is 6.53. The third-order valence-corrected chi connectivity index (χ3v) is 3.52. The molecule has 0 saturated heterocycles. The van der Waals surface area contributed by atoms with E-state index in [1.807, 2.05) is 0 Å². The number of halogens is 1. The van der Waals surface area contributed by atoms with Crippen LogP contribution in [0.4, 0.5) is 5.69 Å². The summed E-state index contributed by atoms with van der Waals surface area (Å²) in [5.74, 6) is 0.127. The molecule has 100 valence electrons. The number of Topliss-reactive ketones (excluding diaryl/α,β-unsaturated/α-hetero) is 1. The van der Waals surface area contributed by atoms with E-state index in [1.54, 1.807) is 42.5 Å². The van der Waals surface area contributed by atoms with Crippen molar-refractivity contribution in [2.45, 2.75) is 0 Å². The van der Waals surface area contributed by atoms with Gasteiger partial charge in [0.05, 0.1) is 12.7 Å². The Morgan fingerprint density at radius 2 is 1.80 bits per heavy atom. The molecular weight excluding hydrogens is 278 g/mol. The van der Waals surface area contributed by atoms with Crippen LogP contribution in [0.2, 0.25) is 5.02 Å². The zero-order chi connectivity index (χ0) is 14.3. The molecule has 0 aromatic heterocycles. The van der Waals surface area contributed by atoms with Crippen LogP contribution in [0.15, 0.2) is 42.5 Å². The molecule has 0 saturated carbocycles. The predicted molar refractivity (Wildman–Crippen MR) is 76.2 cm³/mol. The molecule has 0 N–H and O–H groups in total. The van der Waals surface area contributed by atoms with Gasteiger partial charge in [0.15, 0.2) is 0 Å². The number of carbonyl (C=O) groups excluding carboxylic acids is 1. The molecule has 1 aliphatic rings. The first-order valence-corrected chi connectivity index (χ1v) is 6.33. The zero-order valence-corrected chi connectivity index (χ0v) is 11.3. The quantitative estimate of drug-likeness (QED) is 0.630. The fraction of sp³-hybridized carbons (Fsp3) is 0.0667. The van der Waals surface area contributed by atoms with E-state index < -0.39 is 0 Å². The summed E-state index contributed by atoms with van der Waals surface area (Å²) >= 11 is 6.02. The Kier molecular flexibility index (Phi) is 2.95. The number of ketones is 1. The number of benzene rings is 2. The Morgan fingerprint density at radius 3 is 2.50 bits per heavy atom. The Morgan fingerprint density at radius 1 is 1.10 bits per heavy atom. The van der Waals surface area contributed by atoms with E-state index in [2.05, 4.69) is 0 Å². The molecule has 0 fully saturated rings. The molecule has 0 radical (unpaired) electrons. The van der Waals surface area contributed by atoms with Gasteiger partial charge in [0.25, 0.3) is 11.5 Å². The third-order valence-electron chi connectivity index (χ3n) is 3.21. The SMILES string of the molecule is COc1ccccc1C1=[N+]([O-])c2c(Cl)cccc2C1=O. The Hall–Kier alpha value is -2.33. The van der Waals surface area contributed by atoms with Gasteiger partial charge in [-0.2, -0.15) is 4.74 Å². The highest BCUT2D eigenvalue weighted by atomic mass is 35.5. The number of fused-ring (bicyclic) bond motifs is 1. The van der Waals surface area contributed by atoms with Crippen molar-refractivity contribution < 1.29 is 14.3 Å². The van der Waals surface area contributed by atoms with E-state index in [0.717, 1.165) is 0 Å². The first kappa shape index (κ1) is 12.7. The van der Waals surface area contributed by atoms with Gasteiger partial charge in [-0.3, -0.25) is 4.79 Å². The highest BCUT2D eigenvalue weighted by Crippen LogP contribution is 2.35. The number of nitrogens with zero attached hydrogens (tertiary/aromatic N) is 1. The van der Waals surface area contributed by atoms with Crippen LogP contribution < -0.4 is 4.74 Å². The number of hydrogen-bond donors (Lipinski definition) is 0. The smallest absolute Gasteiger partial charge is 0.276 e. The minimum atomic E-state index is -0.345. The third kappa shape index (κ3) is 1.69. The van der Waals surface area contributed by atoms with Gasteiger partial charge in [-0.15, -0.1) is 0 Å². The van der Waals surface area contributed by atoms with Crippen molar-refractivity contribution in [1.29, 1.82) is 0 Å². The van der Waals surface area contributed by atoms with Gasteiger partial charge in [0, 0.05) is 0 Å². The second-order valence-corrected chi connectivity index (χ2v) is 4.72. The average Bonchev–Trinajstić information content (AvgIpc) is 2.72. The van der Waals surface area contributed by atoms with Crippen molar-refractivity contribution in [2.24, 2.45) is 0 Å². The number of para-hydroxylation sites is 2. The number of carbonyl (C=O) groups is 1. The van der Waals surface area contributed by atoms with Gasteiger partial charge in [-0.1, -0.05) is 29.8 Å². The van der Waals surface area contributed by atoms with Gasteiger partial charge in [0.2, 0.25) is 5.69 Å². The lowest BCUT2D eigenvalue weighted by Crippen LogP contribution is -2.17. The molecule has 0 unspecified atom stereocenters. The van der Waals surface area contributed by atoms with Gasteiger partial charge in [-0.25, -0.2) is 0 Å². The largest absolute Gasteiger partial charge is 0.618 e. The van der Waals surface area contributed by atoms with Gasteiger partial charge in [-0.05, 0) is 24.3 Å². The molecule has 5 heteroatoms. The molecule has 3 rings (SSSR count). The molecule has 1 aliphatic heterocycles. The summed E-state index contributed by atoms with van der Waals surface area (Å²) in [6.45, 7) is 0. The van der Waals surface area contributed by atoms with E-state index in [9.17, 15) is 10.0 Å². The molecule has 0 atom stereocenters. The summed E-state index contributed by atoms with van der Waals surface area (Å²) in [6, 6.07) is 11.7. The summed E-state index contributed by atoms with van der Waals surface area (Å²) in [5, 5.41) is 12.7. The maximum Gasteiger partial charge on any atom is 0.276 e. The molecular formula is C15H10ClNO3.